The Morgan fingerprint density at radius 2 is 0.931 bits per heavy atom. The molecule has 0 saturated carbocycles. The Morgan fingerprint density at radius 3 is 1.43 bits per heavy atom. The molecule has 0 aliphatic heterocycles. The lowest BCUT2D eigenvalue weighted by atomic mass is 9.98. The number of halogens is 3. The summed E-state index contributed by atoms with van der Waals surface area (Å²) in [6.07, 6.45) is -4.56. The van der Waals surface area contributed by atoms with Gasteiger partial charge >= 0.3 is 6.18 Å². The van der Waals surface area contributed by atoms with Crippen molar-refractivity contribution >= 4 is 87.5 Å². The molecule has 0 spiro atoms. The molecule has 4 heterocycles. The minimum absolute atomic E-state index is 0.343. The Morgan fingerprint density at radius 1 is 0.448 bits per heavy atom. The third kappa shape index (κ3) is 4.41. The van der Waals surface area contributed by atoms with Crippen LogP contribution in [0, 0.1) is 11.3 Å². The number of benzene rings is 8. The van der Waals surface area contributed by atoms with Crippen LogP contribution in [0.15, 0.2) is 167 Å². The van der Waals surface area contributed by atoms with E-state index in [1.54, 1.807) is 6.07 Å². The van der Waals surface area contributed by atoms with Crippen molar-refractivity contribution in [2.75, 3.05) is 0 Å². The highest BCUT2D eigenvalue weighted by Crippen LogP contribution is 2.46. The third-order valence-corrected chi connectivity index (χ3v) is 11.6. The molecule has 58 heavy (non-hydrogen) atoms. The Labute approximate surface area is 326 Å². The zero-order valence-corrected chi connectivity index (χ0v) is 30.3. The molecule has 274 valence electrons. The van der Waals surface area contributed by atoms with Gasteiger partial charge < -0.3 is 18.0 Å². The maximum absolute atomic E-state index is 14.3. The van der Waals surface area contributed by atoms with Crippen molar-refractivity contribution in [2.45, 2.75) is 6.18 Å². The molecule has 0 aliphatic rings. The highest BCUT2D eigenvalue weighted by Gasteiger charge is 2.31. The Bertz CT molecular complexity index is 3550. The van der Waals surface area contributed by atoms with Crippen LogP contribution < -0.4 is 0 Å². The summed E-state index contributed by atoms with van der Waals surface area (Å²) in [5.74, 6) is 0. The first kappa shape index (κ1) is 32.5. The Balaban J connectivity index is 1.31. The number of nitriles is 1. The molecule has 12 rings (SSSR count). The van der Waals surface area contributed by atoms with Crippen LogP contribution in [0.5, 0.6) is 0 Å². The molecule has 0 atom stereocenters. The molecule has 0 saturated heterocycles. The first-order valence-electron chi connectivity index (χ1n) is 18.8. The maximum atomic E-state index is 14.3. The van der Waals surface area contributed by atoms with Gasteiger partial charge in [-0.3, -0.25) is 0 Å². The second kappa shape index (κ2) is 11.6. The molecule has 12 aromatic rings. The van der Waals surface area contributed by atoms with E-state index in [1.165, 1.54) is 12.1 Å². The first-order chi connectivity index (χ1) is 28.4. The smallest absolute Gasteiger partial charge is 0.416 e. The molecule has 0 bridgehead atoms. The van der Waals surface area contributed by atoms with E-state index in [1.807, 2.05) is 121 Å². The summed E-state index contributed by atoms with van der Waals surface area (Å²) < 4.78 is 59.9. The van der Waals surface area contributed by atoms with Crippen LogP contribution in [-0.2, 0) is 6.18 Å². The molecular weight excluding hydrogens is 732 g/mol. The molecule has 4 aromatic heterocycles. The van der Waals surface area contributed by atoms with Gasteiger partial charge in [-0.05, 0) is 83.9 Å². The molecule has 8 heteroatoms. The number of rotatable bonds is 3. The van der Waals surface area contributed by atoms with Gasteiger partial charge in [0.15, 0.2) is 0 Å². The summed E-state index contributed by atoms with van der Waals surface area (Å²) in [5, 5.41) is 18.9. The van der Waals surface area contributed by atoms with Gasteiger partial charge in [0.05, 0.1) is 49.8 Å². The van der Waals surface area contributed by atoms with Gasteiger partial charge in [0.2, 0.25) is 0 Å². The van der Waals surface area contributed by atoms with E-state index >= 15 is 0 Å². The van der Waals surface area contributed by atoms with Crippen LogP contribution in [0.2, 0.25) is 0 Å². The van der Waals surface area contributed by atoms with Crippen LogP contribution in [0.4, 0.5) is 13.2 Å². The van der Waals surface area contributed by atoms with Crippen LogP contribution in [0.25, 0.3) is 110 Å². The van der Waals surface area contributed by atoms with Gasteiger partial charge in [-0.2, -0.15) is 18.4 Å². The number of hydrogen-bond acceptors (Lipinski definition) is 3. The van der Waals surface area contributed by atoms with Gasteiger partial charge in [-0.1, -0.05) is 84.9 Å². The van der Waals surface area contributed by atoms with E-state index < -0.39 is 11.7 Å². The van der Waals surface area contributed by atoms with Crippen molar-refractivity contribution in [3.05, 3.63) is 169 Å². The molecule has 0 fully saturated rings. The minimum Gasteiger partial charge on any atom is -0.456 e. The average molecular weight is 758 g/mol. The predicted molar refractivity (Wildman–Crippen MR) is 225 cm³/mol. The SMILES string of the molecule is N#Cc1c(-n2c3ccccc3c3ccc4oc5ccccc5c4c32)cc(-c2cccc(C(F)(F)F)c2)cc1-n1c2ccccc2c2ccc3oc4ccccc4c3c21. The number of nitrogens with zero attached hydrogens (tertiary/aromatic N) is 3. The quantitative estimate of drug-likeness (QED) is 0.180. The third-order valence-electron chi connectivity index (χ3n) is 11.6. The van der Waals surface area contributed by atoms with E-state index in [-0.39, 0.29) is 0 Å². The molecule has 0 radical (unpaired) electrons. The number of para-hydroxylation sites is 4. The topological polar surface area (TPSA) is 59.9 Å². The molecule has 0 aliphatic carbocycles. The maximum Gasteiger partial charge on any atom is 0.416 e. The summed E-state index contributed by atoms with van der Waals surface area (Å²) in [6, 6.07) is 51.5. The van der Waals surface area contributed by atoms with Crippen molar-refractivity contribution < 1.29 is 22.0 Å². The normalized spacial score (nSPS) is 12.4. The first-order valence-corrected chi connectivity index (χ1v) is 18.8. The lowest BCUT2D eigenvalue weighted by Crippen LogP contribution is -2.06. The van der Waals surface area contributed by atoms with Crippen molar-refractivity contribution in [2.24, 2.45) is 0 Å². The fourth-order valence-corrected chi connectivity index (χ4v) is 9.15. The van der Waals surface area contributed by atoms with Crippen molar-refractivity contribution in [1.29, 1.82) is 5.26 Å². The monoisotopic (exact) mass is 757 g/mol. The Hall–Kier alpha value is -7.76. The molecule has 5 nitrogen and oxygen atoms in total. The summed E-state index contributed by atoms with van der Waals surface area (Å²) in [7, 11) is 0. The van der Waals surface area contributed by atoms with Crippen molar-refractivity contribution in [3.8, 4) is 28.6 Å². The molecule has 0 unspecified atom stereocenters. The average Bonchev–Trinajstić information content (AvgIpc) is 4.00. The molecular formula is C50H26F3N3O2. The van der Waals surface area contributed by atoms with Gasteiger partial charge in [0.1, 0.15) is 34.0 Å². The van der Waals surface area contributed by atoms with Gasteiger partial charge in [-0.25, -0.2) is 0 Å². The lowest BCUT2D eigenvalue weighted by molar-refractivity contribution is -0.137. The van der Waals surface area contributed by atoms with E-state index in [0.29, 0.717) is 39.2 Å². The van der Waals surface area contributed by atoms with E-state index in [4.69, 9.17) is 8.83 Å². The summed E-state index contributed by atoms with van der Waals surface area (Å²) in [6.45, 7) is 0. The molecule has 0 N–H and O–H groups in total. The van der Waals surface area contributed by atoms with Crippen LogP contribution in [0.3, 0.4) is 0 Å². The number of alkyl halides is 3. The summed E-state index contributed by atoms with van der Waals surface area (Å²) in [4.78, 5) is 0. The molecule has 8 aromatic carbocycles. The number of hydrogen-bond donors (Lipinski definition) is 0. The summed E-state index contributed by atoms with van der Waals surface area (Å²) in [5.41, 5.74) is 7.65. The fourth-order valence-electron chi connectivity index (χ4n) is 9.15. The second-order valence-electron chi connectivity index (χ2n) is 14.7. The number of fused-ring (bicyclic) bond motifs is 14. The van der Waals surface area contributed by atoms with Crippen molar-refractivity contribution in [3.63, 3.8) is 0 Å². The highest BCUT2D eigenvalue weighted by molar-refractivity contribution is 6.26. The zero-order valence-electron chi connectivity index (χ0n) is 30.3. The number of aromatic nitrogens is 2. The second-order valence-corrected chi connectivity index (χ2v) is 14.7. The molecule has 0 amide bonds. The lowest BCUT2D eigenvalue weighted by Gasteiger charge is -2.19. The predicted octanol–water partition coefficient (Wildman–Crippen LogP) is 14.2. The summed E-state index contributed by atoms with van der Waals surface area (Å²) >= 11 is 0. The zero-order chi connectivity index (χ0) is 38.9. The number of furan rings is 2. The fraction of sp³-hybridized carbons (Fsp3) is 0.0200. The van der Waals surface area contributed by atoms with Gasteiger partial charge in [-0.15, -0.1) is 0 Å². The Kier molecular flexibility index (Phi) is 6.52. The standard InChI is InChI=1S/C50H26F3N3O2/c51-50(52,53)30-11-9-10-28(24-30)29-25-40(55-38-16-5-1-12-31(38)33-20-22-44-46(48(33)55)35-14-3-7-18-42(35)57-44)37(27-54)41(26-29)56-39-17-6-2-13-32(39)34-21-23-45-47(49(34)56)36-15-4-8-19-43(36)58-45/h1-26H. The largest absolute Gasteiger partial charge is 0.456 e. The van der Waals surface area contributed by atoms with Crippen LogP contribution >= 0.6 is 0 Å². The van der Waals surface area contributed by atoms with E-state index in [9.17, 15) is 18.4 Å². The van der Waals surface area contributed by atoms with Crippen LogP contribution in [0.1, 0.15) is 11.1 Å². The van der Waals surface area contributed by atoms with E-state index in [2.05, 4.69) is 27.3 Å². The van der Waals surface area contributed by atoms with Crippen LogP contribution in [-0.4, -0.2) is 9.13 Å². The van der Waals surface area contributed by atoms with Crippen molar-refractivity contribution in [1.82, 2.24) is 9.13 Å². The van der Waals surface area contributed by atoms with Gasteiger partial charge in [0.25, 0.3) is 0 Å². The highest BCUT2D eigenvalue weighted by atomic mass is 19.4. The van der Waals surface area contributed by atoms with E-state index in [0.717, 1.165) is 82.4 Å². The van der Waals surface area contributed by atoms with Gasteiger partial charge in [0, 0.05) is 32.3 Å². The minimum atomic E-state index is -4.56.